The quantitative estimate of drug-likeness (QED) is 0.507. The van der Waals surface area contributed by atoms with Gasteiger partial charge in [-0.05, 0) is 24.3 Å². The van der Waals surface area contributed by atoms with Crippen molar-refractivity contribution in [1.29, 1.82) is 0 Å². The van der Waals surface area contributed by atoms with E-state index in [0.29, 0.717) is 10.0 Å². The summed E-state index contributed by atoms with van der Waals surface area (Å²) in [5, 5.41) is 14.5. The zero-order chi connectivity index (χ0) is 14.7. The number of hydrogen-bond acceptors (Lipinski definition) is 3. The van der Waals surface area contributed by atoms with Gasteiger partial charge in [0.25, 0.3) is 6.20 Å². The smallest absolute Gasteiger partial charge is 0.290 e. The van der Waals surface area contributed by atoms with Gasteiger partial charge in [0, 0.05) is 17.1 Å². The molecule has 7 heteroatoms. The molecule has 106 valence electrons. The maximum Gasteiger partial charge on any atom is 0.290 e. The zero-order valence-electron chi connectivity index (χ0n) is 10.9. The Hall–Kier alpha value is -1.50. The third-order valence-electron chi connectivity index (χ3n) is 3.35. The van der Waals surface area contributed by atoms with Gasteiger partial charge in [-0.2, -0.15) is 0 Å². The predicted molar refractivity (Wildman–Crippen MR) is 82.6 cm³/mol. The van der Waals surface area contributed by atoms with Crippen LogP contribution in [0.1, 0.15) is 6.42 Å². The van der Waals surface area contributed by atoms with Crippen molar-refractivity contribution in [3.8, 4) is 0 Å². The molecule has 0 bridgehead atoms. The van der Waals surface area contributed by atoms with E-state index in [1.807, 2.05) is 19.2 Å². The normalized spacial score (nSPS) is 23.8. The Labute approximate surface area is 127 Å². The number of anilines is 1. The van der Waals surface area contributed by atoms with Gasteiger partial charge in [-0.25, -0.2) is 0 Å². The van der Waals surface area contributed by atoms with Crippen molar-refractivity contribution in [3.63, 3.8) is 0 Å². The van der Waals surface area contributed by atoms with Gasteiger partial charge in [0.15, 0.2) is 5.70 Å². The van der Waals surface area contributed by atoms with Crippen molar-refractivity contribution in [2.45, 2.75) is 6.42 Å². The fraction of sp³-hybridized carbons (Fsp3) is 0.308. The molecule has 0 saturated carbocycles. The minimum absolute atomic E-state index is 0.0916. The summed E-state index contributed by atoms with van der Waals surface area (Å²) in [6.07, 6.45) is 1.88. The maximum atomic E-state index is 10.7. The van der Waals surface area contributed by atoms with E-state index in [0.717, 1.165) is 35.4 Å². The van der Waals surface area contributed by atoms with Crippen LogP contribution in [0.4, 0.5) is 5.69 Å². The second kappa shape index (κ2) is 6.30. The SMILES string of the molecule is C[NH+]1CC[C@@H](C(=S)Nc2ccc(Cl)cc2)/C1=C\[N+](=O)[O-]. The molecule has 1 unspecified atom stereocenters. The number of nitro groups is 1. The molecule has 20 heavy (non-hydrogen) atoms. The molecular formula is C13H15ClN3O2S+. The van der Waals surface area contributed by atoms with Gasteiger partial charge in [0.1, 0.15) is 0 Å². The second-order valence-corrected chi connectivity index (χ2v) is 5.61. The van der Waals surface area contributed by atoms with Gasteiger partial charge in [-0.1, -0.05) is 23.8 Å². The van der Waals surface area contributed by atoms with E-state index in [1.54, 1.807) is 12.1 Å². The molecule has 1 aliphatic rings. The van der Waals surface area contributed by atoms with E-state index in [4.69, 9.17) is 23.8 Å². The number of hydrogen-bond donors (Lipinski definition) is 2. The third-order valence-corrected chi connectivity index (χ3v) is 3.99. The number of nitrogens with one attached hydrogen (secondary N) is 2. The van der Waals surface area contributed by atoms with E-state index < -0.39 is 4.92 Å². The molecule has 1 aromatic carbocycles. The van der Waals surface area contributed by atoms with Gasteiger partial charge >= 0.3 is 0 Å². The van der Waals surface area contributed by atoms with Gasteiger partial charge < -0.3 is 10.2 Å². The van der Waals surface area contributed by atoms with Crippen molar-refractivity contribution in [2.75, 3.05) is 18.9 Å². The molecule has 0 aromatic heterocycles. The Balaban J connectivity index is 2.12. The van der Waals surface area contributed by atoms with Crippen LogP contribution in [0.25, 0.3) is 0 Å². The monoisotopic (exact) mass is 312 g/mol. The molecule has 2 N–H and O–H groups in total. The lowest BCUT2D eigenvalue weighted by atomic mass is 10.1. The van der Waals surface area contributed by atoms with Gasteiger partial charge in [-0.15, -0.1) is 0 Å². The number of rotatable bonds is 3. The van der Waals surface area contributed by atoms with Gasteiger partial charge in [-0.3, -0.25) is 10.1 Å². The Kier molecular flexibility index (Phi) is 4.69. The van der Waals surface area contributed by atoms with Crippen LogP contribution in [-0.4, -0.2) is 23.5 Å². The molecule has 1 aromatic rings. The van der Waals surface area contributed by atoms with Crippen LogP contribution in [-0.2, 0) is 0 Å². The molecule has 1 aliphatic heterocycles. The van der Waals surface area contributed by atoms with Crippen LogP contribution < -0.4 is 10.2 Å². The number of benzene rings is 1. The van der Waals surface area contributed by atoms with Crippen LogP contribution >= 0.6 is 23.8 Å². The van der Waals surface area contributed by atoms with Gasteiger partial charge in [0.05, 0.1) is 29.4 Å². The predicted octanol–water partition coefficient (Wildman–Crippen LogP) is 1.73. The summed E-state index contributed by atoms with van der Waals surface area (Å²) in [6, 6.07) is 7.20. The molecule has 2 atom stereocenters. The first-order valence-corrected chi connectivity index (χ1v) is 7.00. The maximum absolute atomic E-state index is 10.7. The van der Waals surface area contributed by atoms with Crippen LogP contribution in [0.2, 0.25) is 5.02 Å². The van der Waals surface area contributed by atoms with E-state index in [-0.39, 0.29) is 5.92 Å². The lowest BCUT2D eigenvalue weighted by Crippen LogP contribution is -3.05. The lowest BCUT2D eigenvalue weighted by molar-refractivity contribution is -0.831. The highest BCUT2D eigenvalue weighted by Gasteiger charge is 2.36. The van der Waals surface area contributed by atoms with E-state index in [2.05, 4.69) is 5.32 Å². The van der Waals surface area contributed by atoms with Crippen molar-refractivity contribution in [2.24, 2.45) is 5.92 Å². The second-order valence-electron chi connectivity index (χ2n) is 4.74. The molecule has 0 amide bonds. The first kappa shape index (κ1) is 14.9. The van der Waals surface area contributed by atoms with E-state index in [1.165, 1.54) is 0 Å². The highest BCUT2D eigenvalue weighted by Crippen LogP contribution is 2.20. The molecule has 2 rings (SSSR count). The summed E-state index contributed by atoms with van der Waals surface area (Å²) >= 11 is 11.2. The summed E-state index contributed by atoms with van der Waals surface area (Å²) in [4.78, 5) is 11.9. The van der Waals surface area contributed by atoms with Gasteiger partial charge in [0.2, 0.25) is 0 Å². The van der Waals surface area contributed by atoms with Crippen LogP contribution in [0, 0.1) is 16.0 Å². The average molecular weight is 313 g/mol. The average Bonchev–Trinajstić information content (AvgIpc) is 2.73. The topological polar surface area (TPSA) is 59.6 Å². The summed E-state index contributed by atoms with van der Waals surface area (Å²) < 4.78 is 0. The number of quaternary nitrogens is 1. The Morgan fingerprint density at radius 3 is 2.80 bits per heavy atom. The molecule has 1 heterocycles. The van der Waals surface area contributed by atoms with E-state index >= 15 is 0 Å². The first-order chi connectivity index (χ1) is 9.47. The molecule has 5 nitrogen and oxygen atoms in total. The fourth-order valence-corrected chi connectivity index (χ4v) is 2.80. The Morgan fingerprint density at radius 1 is 1.55 bits per heavy atom. The minimum atomic E-state index is -0.415. The van der Waals surface area contributed by atoms with Crippen LogP contribution in [0.15, 0.2) is 36.2 Å². The zero-order valence-corrected chi connectivity index (χ0v) is 12.5. The highest BCUT2D eigenvalue weighted by atomic mass is 35.5. The lowest BCUT2D eigenvalue weighted by Gasteiger charge is -2.13. The molecule has 1 fully saturated rings. The van der Waals surface area contributed by atoms with Crippen molar-refractivity contribution >= 4 is 34.5 Å². The fourth-order valence-electron chi connectivity index (χ4n) is 2.31. The van der Waals surface area contributed by atoms with E-state index in [9.17, 15) is 10.1 Å². The summed E-state index contributed by atoms with van der Waals surface area (Å²) in [7, 11) is 1.92. The summed E-state index contributed by atoms with van der Waals surface area (Å²) in [5.41, 5.74) is 1.56. The Morgan fingerprint density at radius 2 is 2.20 bits per heavy atom. The number of halogens is 1. The first-order valence-electron chi connectivity index (χ1n) is 6.22. The highest BCUT2D eigenvalue weighted by molar-refractivity contribution is 7.80. The van der Waals surface area contributed by atoms with Crippen molar-refractivity contribution < 1.29 is 9.82 Å². The standard InChI is InChI=1S/C13H14ClN3O2S/c1-16-7-6-11(12(16)8-17(18)19)13(20)15-10-4-2-9(14)3-5-10/h2-5,8,11H,6-7H2,1H3,(H,15,20)/p+1/b12-8+/t11-/m1/s1. The van der Waals surface area contributed by atoms with Crippen molar-refractivity contribution in [1.82, 2.24) is 0 Å². The third kappa shape index (κ3) is 3.53. The van der Waals surface area contributed by atoms with Crippen LogP contribution in [0.3, 0.4) is 0 Å². The summed E-state index contributed by atoms with van der Waals surface area (Å²) in [5.74, 6) is -0.0916. The molecule has 0 aliphatic carbocycles. The number of likely N-dealkylation sites (tertiary alicyclic amines) is 1. The number of thiocarbonyl (C=S) groups is 1. The van der Waals surface area contributed by atoms with Crippen molar-refractivity contribution in [3.05, 3.63) is 51.3 Å². The summed E-state index contributed by atoms with van der Waals surface area (Å²) in [6.45, 7) is 0.840. The largest absolute Gasteiger partial charge is 0.349 e. The Bertz CT molecular complexity index is 559. The molecule has 0 radical (unpaired) electrons. The van der Waals surface area contributed by atoms with Crippen LogP contribution in [0.5, 0.6) is 0 Å². The number of nitrogens with zero attached hydrogens (tertiary/aromatic N) is 1. The molecular weight excluding hydrogens is 298 g/mol. The minimum Gasteiger partial charge on any atom is -0.349 e. The molecule has 0 spiro atoms. The molecule has 1 saturated heterocycles.